The smallest absolute Gasteiger partial charge is 0.348 e. The van der Waals surface area contributed by atoms with Crippen LogP contribution in [0.2, 0.25) is 5.02 Å². The first-order valence-corrected chi connectivity index (χ1v) is 5.75. The molecule has 6 heteroatoms. The first-order chi connectivity index (χ1) is 8.49. The van der Waals surface area contributed by atoms with Crippen LogP contribution >= 0.6 is 11.6 Å². The first kappa shape index (κ1) is 12.6. The predicted octanol–water partition coefficient (Wildman–Crippen LogP) is 1.83. The minimum Gasteiger partial charge on any atom is -0.481 e. The van der Waals surface area contributed by atoms with Gasteiger partial charge in [-0.3, -0.25) is 9.36 Å². The molecule has 0 radical (unpaired) electrons. The Kier molecular flexibility index (Phi) is 3.34. The molecule has 0 bridgehead atoms. The number of halogens is 1. The van der Waals surface area contributed by atoms with Gasteiger partial charge in [0, 0.05) is 17.0 Å². The highest BCUT2D eigenvalue weighted by molar-refractivity contribution is 6.31. The highest BCUT2D eigenvalue weighted by Gasteiger charge is 2.09. The van der Waals surface area contributed by atoms with Gasteiger partial charge >= 0.3 is 11.7 Å². The van der Waals surface area contributed by atoms with Crippen LogP contribution in [0, 0.1) is 6.92 Å². The number of benzene rings is 1. The summed E-state index contributed by atoms with van der Waals surface area (Å²) in [6, 6.07) is 5.09. The molecule has 0 aliphatic carbocycles. The summed E-state index contributed by atoms with van der Waals surface area (Å²) in [5.41, 5.74) is 0.797. The molecule has 2 rings (SSSR count). The Bertz CT molecular complexity index is 679. The first-order valence-electron chi connectivity index (χ1n) is 5.37. The topological polar surface area (TPSA) is 72.2 Å². The van der Waals surface area contributed by atoms with Crippen molar-refractivity contribution in [3.63, 3.8) is 0 Å². The van der Waals surface area contributed by atoms with Crippen molar-refractivity contribution < 1.29 is 9.90 Å². The molecular formula is C12H11ClN2O3. The average Bonchev–Trinajstić information content (AvgIpc) is 2.29. The van der Waals surface area contributed by atoms with Crippen LogP contribution < -0.4 is 5.69 Å². The van der Waals surface area contributed by atoms with Crippen LogP contribution in [0.1, 0.15) is 12.1 Å². The van der Waals surface area contributed by atoms with E-state index in [1.165, 1.54) is 4.57 Å². The number of carboxylic acids is 1. The van der Waals surface area contributed by atoms with Gasteiger partial charge in [-0.05, 0) is 25.1 Å². The molecule has 0 saturated carbocycles. The van der Waals surface area contributed by atoms with Gasteiger partial charge < -0.3 is 5.11 Å². The van der Waals surface area contributed by atoms with Gasteiger partial charge in [0.2, 0.25) is 0 Å². The van der Waals surface area contributed by atoms with Gasteiger partial charge in [-0.1, -0.05) is 11.6 Å². The third kappa shape index (κ3) is 2.36. The van der Waals surface area contributed by atoms with E-state index in [-0.39, 0.29) is 13.0 Å². The zero-order valence-electron chi connectivity index (χ0n) is 9.68. The van der Waals surface area contributed by atoms with Crippen molar-refractivity contribution in [3.05, 3.63) is 39.4 Å². The molecule has 1 aromatic heterocycles. The van der Waals surface area contributed by atoms with E-state index in [1.807, 2.05) is 0 Å². The Labute approximate surface area is 108 Å². The number of aliphatic carboxylic acids is 1. The summed E-state index contributed by atoms with van der Waals surface area (Å²) in [7, 11) is 0. The van der Waals surface area contributed by atoms with Gasteiger partial charge in [0.05, 0.1) is 17.6 Å². The lowest BCUT2D eigenvalue weighted by atomic mass is 10.2. The molecule has 1 heterocycles. The predicted molar refractivity (Wildman–Crippen MR) is 68.0 cm³/mol. The van der Waals surface area contributed by atoms with Crippen molar-refractivity contribution in [2.45, 2.75) is 19.9 Å². The van der Waals surface area contributed by atoms with E-state index in [0.717, 1.165) is 5.39 Å². The molecule has 5 nitrogen and oxygen atoms in total. The van der Waals surface area contributed by atoms with Crippen LogP contribution in [0.5, 0.6) is 0 Å². The van der Waals surface area contributed by atoms with Crippen molar-refractivity contribution >= 4 is 28.5 Å². The van der Waals surface area contributed by atoms with Crippen molar-refractivity contribution in [2.75, 3.05) is 0 Å². The molecule has 0 saturated heterocycles. The molecule has 2 aromatic rings. The summed E-state index contributed by atoms with van der Waals surface area (Å²) >= 11 is 5.90. The minimum absolute atomic E-state index is 0.0968. The summed E-state index contributed by atoms with van der Waals surface area (Å²) in [6.45, 7) is 1.82. The number of hydrogen-bond donors (Lipinski definition) is 1. The lowest BCUT2D eigenvalue weighted by Gasteiger charge is -2.10. The third-order valence-electron chi connectivity index (χ3n) is 2.68. The Hall–Kier alpha value is -1.88. The second kappa shape index (κ2) is 4.78. The third-order valence-corrected chi connectivity index (χ3v) is 2.92. The number of rotatable bonds is 3. The van der Waals surface area contributed by atoms with Crippen molar-refractivity contribution in [3.8, 4) is 0 Å². The largest absolute Gasteiger partial charge is 0.481 e. The summed E-state index contributed by atoms with van der Waals surface area (Å²) in [5.74, 6) is -0.954. The fraction of sp³-hybridized carbons (Fsp3) is 0.250. The quantitative estimate of drug-likeness (QED) is 0.920. The van der Waals surface area contributed by atoms with E-state index in [9.17, 15) is 9.59 Å². The highest BCUT2D eigenvalue weighted by Crippen LogP contribution is 2.20. The number of aryl methyl sites for hydroxylation is 2. The van der Waals surface area contributed by atoms with Gasteiger partial charge in [-0.25, -0.2) is 4.79 Å². The number of nitrogens with zero attached hydrogens (tertiary/aromatic N) is 2. The van der Waals surface area contributed by atoms with Gasteiger partial charge in [-0.15, -0.1) is 0 Å². The molecule has 0 aliphatic rings. The Morgan fingerprint density at radius 3 is 2.89 bits per heavy atom. The summed E-state index contributed by atoms with van der Waals surface area (Å²) in [6.07, 6.45) is -0.123. The Balaban J connectivity index is 2.64. The van der Waals surface area contributed by atoms with Gasteiger partial charge in [0.1, 0.15) is 0 Å². The van der Waals surface area contributed by atoms with Gasteiger partial charge in [0.15, 0.2) is 0 Å². The molecule has 1 aromatic carbocycles. The number of carboxylic acid groups (broad SMARTS) is 1. The van der Waals surface area contributed by atoms with Gasteiger partial charge in [-0.2, -0.15) is 4.98 Å². The van der Waals surface area contributed by atoms with E-state index in [2.05, 4.69) is 4.98 Å². The van der Waals surface area contributed by atoms with E-state index >= 15 is 0 Å². The van der Waals surface area contributed by atoms with E-state index < -0.39 is 11.7 Å². The molecule has 0 aliphatic heterocycles. The zero-order valence-corrected chi connectivity index (χ0v) is 10.4. The fourth-order valence-electron chi connectivity index (χ4n) is 1.82. The monoisotopic (exact) mass is 266 g/mol. The maximum Gasteiger partial charge on any atom is 0.348 e. The van der Waals surface area contributed by atoms with Crippen LogP contribution in [-0.4, -0.2) is 20.6 Å². The van der Waals surface area contributed by atoms with Crippen LogP contribution in [0.15, 0.2) is 23.0 Å². The summed E-state index contributed by atoms with van der Waals surface area (Å²) in [5, 5.41) is 9.99. The normalized spacial score (nSPS) is 10.8. The molecule has 1 N–H and O–H groups in total. The second-order valence-electron chi connectivity index (χ2n) is 3.94. The van der Waals surface area contributed by atoms with Crippen LogP contribution in [0.25, 0.3) is 10.9 Å². The maximum atomic E-state index is 11.8. The standard InChI is InChI=1S/C12H11ClN2O3/c1-7-9-6-8(13)2-3-10(9)15(12(18)14-7)5-4-11(16)17/h2-3,6H,4-5H2,1H3,(H,16,17). The number of aromatic nitrogens is 2. The minimum atomic E-state index is -0.954. The molecule has 18 heavy (non-hydrogen) atoms. The average molecular weight is 267 g/mol. The van der Waals surface area contributed by atoms with Crippen LogP contribution in [0.4, 0.5) is 0 Å². The maximum absolute atomic E-state index is 11.8. The molecule has 0 atom stereocenters. The second-order valence-corrected chi connectivity index (χ2v) is 4.37. The zero-order chi connectivity index (χ0) is 13.3. The summed E-state index contributed by atoms with van der Waals surface area (Å²) in [4.78, 5) is 26.2. The molecule has 0 amide bonds. The van der Waals surface area contributed by atoms with Crippen molar-refractivity contribution in [2.24, 2.45) is 0 Å². The number of fused-ring (bicyclic) bond motifs is 1. The van der Waals surface area contributed by atoms with Crippen molar-refractivity contribution in [1.29, 1.82) is 0 Å². The SMILES string of the molecule is Cc1nc(=O)n(CCC(=O)O)c2ccc(Cl)cc12. The number of hydrogen-bond acceptors (Lipinski definition) is 3. The van der Waals surface area contributed by atoms with Gasteiger partial charge in [0.25, 0.3) is 0 Å². The molecule has 0 spiro atoms. The van der Waals surface area contributed by atoms with E-state index in [4.69, 9.17) is 16.7 Å². The molecule has 0 fully saturated rings. The lowest BCUT2D eigenvalue weighted by molar-refractivity contribution is -0.137. The number of carbonyl (C=O) groups is 1. The fourth-order valence-corrected chi connectivity index (χ4v) is 2.00. The van der Waals surface area contributed by atoms with Crippen molar-refractivity contribution in [1.82, 2.24) is 9.55 Å². The van der Waals surface area contributed by atoms with E-state index in [0.29, 0.717) is 16.2 Å². The Morgan fingerprint density at radius 1 is 1.50 bits per heavy atom. The molecular weight excluding hydrogens is 256 g/mol. The Morgan fingerprint density at radius 2 is 2.22 bits per heavy atom. The molecule has 94 valence electrons. The highest BCUT2D eigenvalue weighted by atomic mass is 35.5. The lowest BCUT2D eigenvalue weighted by Crippen LogP contribution is -2.25. The van der Waals surface area contributed by atoms with Crippen LogP contribution in [-0.2, 0) is 11.3 Å². The van der Waals surface area contributed by atoms with Crippen LogP contribution in [0.3, 0.4) is 0 Å². The molecule has 0 unspecified atom stereocenters. The summed E-state index contributed by atoms with van der Waals surface area (Å²) < 4.78 is 1.35. The van der Waals surface area contributed by atoms with E-state index in [1.54, 1.807) is 25.1 Å².